The summed E-state index contributed by atoms with van der Waals surface area (Å²) in [6.07, 6.45) is 1.72. The number of benzene rings is 2. The molecule has 1 amide bonds. The molecular weight excluding hydrogens is 373 g/mol. The summed E-state index contributed by atoms with van der Waals surface area (Å²) >= 11 is 12.0. The lowest BCUT2D eigenvalue weighted by molar-refractivity contribution is 0.102. The van der Waals surface area contributed by atoms with E-state index in [2.05, 4.69) is 10.4 Å². The molecule has 0 aliphatic rings. The van der Waals surface area contributed by atoms with Crippen LogP contribution in [-0.4, -0.2) is 15.7 Å². The van der Waals surface area contributed by atoms with Crippen molar-refractivity contribution >= 4 is 45.6 Å². The van der Waals surface area contributed by atoms with Gasteiger partial charge < -0.3 is 5.32 Å². The Morgan fingerprint density at radius 2 is 1.77 bits per heavy atom. The molecule has 2 aromatic carbocycles. The number of carbonyl (C=O) groups is 1. The highest BCUT2D eigenvalue weighted by atomic mass is 35.5. The number of anilines is 1. The third-order valence-corrected chi connectivity index (χ3v) is 4.36. The first-order chi connectivity index (χ1) is 12.5. The van der Waals surface area contributed by atoms with Gasteiger partial charge in [0.2, 0.25) is 0 Å². The fraction of sp³-hybridized carbons (Fsp3) is 0.211. The van der Waals surface area contributed by atoms with Crippen molar-refractivity contribution < 1.29 is 4.79 Å². The molecule has 0 spiro atoms. The maximum Gasteiger partial charge on any atom is 0.276 e. The normalized spacial score (nSPS) is 10.9. The summed E-state index contributed by atoms with van der Waals surface area (Å²) in [4.78, 5) is 25.4. The summed E-state index contributed by atoms with van der Waals surface area (Å²) in [6, 6.07) is 11.7. The van der Waals surface area contributed by atoms with E-state index in [9.17, 15) is 9.59 Å². The van der Waals surface area contributed by atoms with E-state index in [4.69, 9.17) is 23.2 Å². The average Bonchev–Trinajstić information content (AvgIpc) is 2.60. The van der Waals surface area contributed by atoms with Gasteiger partial charge in [-0.25, -0.2) is 4.68 Å². The predicted molar refractivity (Wildman–Crippen MR) is 105 cm³/mol. The summed E-state index contributed by atoms with van der Waals surface area (Å²) in [6.45, 7) is 2.49. The number of nitrogens with zero attached hydrogens (tertiary/aromatic N) is 2. The number of halogens is 2. The molecule has 0 aliphatic carbocycles. The first kappa shape index (κ1) is 18.4. The smallest absolute Gasteiger partial charge is 0.276 e. The summed E-state index contributed by atoms with van der Waals surface area (Å²) in [7, 11) is 0. The second-order valence-corrected chi connectivity index (χ2v) is 6.76. The summed E-state index contributed by atoms with van der Waals surface area (Å²) in [5.74, 6) is -0.426. The van der Waals surface area contributed by atoms with Crippen molar-refractivity contribution in [1.29, 1.82) is 0 Å². The van der Waals surface area contributed by atoms with Crippen LogP contribution in [0.15, 0.2) is 47.3 Å². The quantitative estimate of drug-likeness (QED) is 0.684. The molecule has 0 unspecified atom stereocenters. The van der Waals surface area contributed by atoms with Gasteiger partial charge in [0, 0.05) is 27.7 Å². The lowest BCUT2D eigenvalue weighted by Crippen LogP contribution is -2.27. The van der Waals surface area contributed by atoms with Gasteiger partial charge in [0.15, 0.2) is 5.69 Å². The molecule has 7 heteroatoms. The molecule has 0 saturated carbocycles. The van der Waals surface area contributed by atoms with Gasteiger partial charge in [-0.1, -0.05) is 54.7 Å². The summed E-state index contributed by atoms with van der Waals surface area (Å²) in [5, 5.41) is 8.86. The number of hydrogen-bond donors (Lipinski definition) is 1. The van der Waals surface area contributed by atoms with Crippen LogP contribution in [0.2, 0.25) is 10.0 Å². The van der Waals surface area contributed by atoms with Gasteiger partial charge in [-0.2, -0.15) is 5.10 Å². The van der Waals surface area contributed by atoms with E-state index in [-0.39, 0.29) is 11.3 Å². The van der Waals surface area contributed by atoms with E-state index in [1.807, 2.05) is 6.92 Å². The van der Waals surface area contributed by atoms with Crippen molar-refractivity contribution in [2.24, 2.45) is 0 Å². The van der Waals surface area contributed by atoms with E-state index >= 15 is 0 Å². The fourth-order valence-corrected chi connectivity index (χ4v) is 3.20. The maximum atomic E-state index is 12.8. The van der Waals surface area contributed by atoms with Crippen LogP contribution in [0.4, 0.5) is 5.69 Å². The van der Waals surface area contributed by atoms with Crippen LogP contribution in [0.5, 0.6) is 0 Å². The van der Waals surface area contributed by atoms with Crippen LogP contribution >= 0.6 is 23.2 Å². The molecule has 0 bridgehead atoms. The zero-order chi connectivity index (χ0) is 18.7. The van der Waals surface area contributed by atoms with Gasteiger partial charge in [0.1, 0.15) is 0 Å². The Morgan fingerprint density at radius 3 is 2.42 bits per heavy atom. The lowest BCUT2D eigenvalue weighted by Gasteiger charge is -2.11. The molecule has 1 heterocycles. The molecule has 1 aromatic heterocycles. The SMILES string of the molecule is CCCCn1nc(C(=O)Nc2cc(Cl)cc(Cl)c2)c2ccccc2c1=O. The zero-order valence-corrected chi connectivity index (χ0v) is 15.6. The molecule has 26 heavy (non-hydrogen) atoms. The van der Waals surface area contributed by atoms with Crippen LogP contribution in [0.25, 0.3) is 10.8 Å². The van der Waals surface area contributed by atoms with E-state index < -0.39 is 5.91 Å². The van der Waals surface area contributed by atoms with Crippen molar-refractivity contribution in [1.82, 2.24) is 9.78 Å². The minimum Gasteiger partial charge on any atom is -0.320 e. The number of carbonyl (C=O) groups excluding carboxylic acids is 1. The molecule has 134 valence electrons. The molecule has 0 saturated heterocycles. The number of fused-ring (bicyclic) bond motifs is 1. The second-order valence-electron chi connectivity index (χ2n) is 5.89. The van der Waals surface area contributed by atoms with Gasteiger partial charge in [-0.15, -0.1) is 0 Å². The number of unbranched alkanes of at least 4 members (excludes halogenated alkanes) is 1. The van der Waals surface area contributed by atoms with Crippen LogP contribution in [0, 0.1) is 0 Å². The van der Waals surface area contributed by atoms with Gasteiger partial charge in [-0.05, 0) is 30.7 Å². The Balaban J connectivity index is 2.06. The van der Waals surface area contributed by atoms with Crippen LogP contribution in [-0.2, 0) is 6.54 Å². The monoisotopic (exact) mass is 389 g/mol. The molecule has 5 nitrogen and oxygen atoms in total. The molecule has 0 atom stereocenters. The summed E-state index contributed by atoms with van der Waals surface area (Å²) < 4.78 is 1.35. The highest BCUT2D eigenvalue weighted by Gasteiger charge is 2.17. The van der Waals surface area contributed by atoms with E-state index in [1.165, 1.54) is 4.68 Å². The van der Waals surface area contributed by atoms with E-state index in [0.717, 1.165) is 12.8 Å². The van der Waals surface area contributed by atoms with Crippen molar-refractivity contribution in [3.63, 3.8) is 0 Å². The topological polar surface area (TPSA) is 64.0 Å². The largest absolute Gasteiger partial charge is 0.320 e. The number of nitrogens with one attached hydrogen (secondary N) is 1. The van der Waals surface area contributed by atoms with Crippen molar-refractivity contribution in [3.8, 4) is 0 Å². The number of hydrogen-bond acceptors (Lipinski definition) is 3. The van der Waals surface area contributed by atoms with Crippen LogP contribution in [0.3, 0.4) is 0 Å². The number of aromatic nitrogens is 2. The Morgan fingerprint density at radius 1 is 1.12 bits per heavy atom. The van der Waals surface area contributed by atoms with Gasteiger partial charge in [0.05, 0.1) is 5.39 Å². The predicted octanol–water partition coefficient (Wildman–Crippen LogP) is 4.76. The third-order valence-electron chi connectivity index (χ3n) is 3.93. The minimum atomic E-state index is -0.426. The molecule has 0 fully saturated rings. The van der Waals surface area contributed by atoms with Crippen molar-refractivity contribution in [2.75, 3.05) is 5.32 Å². The van der Waals surface area contributed by atoms with Crippen molar-refractivity contribution in [3.05, 3.63) is 68.6 Å². The van der Waals surface area contributed by atoms with Gasteiger partial charge in [0.25, 0.3) is 11.5 Å². The van der Waals surface area contributed by atoms with Crippen LogP contribution in [0.1, 0.15) is 30.3 Å². The number of aryl methyl sites for hydroxylation is 1. The van der Waals surface area contributed by atoms with E-state index in [0.29, 0.717) is 33.0 Å². The van der Waals surface area contributed by atoms with Gasteiger partial charge in [-0.3, -0.25) is 9.59 Å². The average molecular weight is 390 g/mol. The molecule has 3 rings (SSSR count). The van der Waals surface area contributed by atoms with Crippen LogP contribution < -0.4 is 10.9 Å². The number of rotatable bonds is 5. The zero-order valence-electron chi connectivity index (χ0n) is 14.1. The maximum absolute atomic E-state index is 12.8. The second kappa shape index (κ2) is 7.89. The first-order valence-corrected chi connectivity index (χ1v) is 9.02. The molecule has 3 aromatic rings. The minimum absolute atomic E-state index is 0.187. The standard InChI is InChI=1S/C19H17Cl2N3O2/c1-2-3-8-24-19(26)16-7-5-4-6-15(16)17(23-24)18(25)22-14-10-12(20)9-13(21)11-14/h4-7,9-11H,2-3,8H2,1H3,(H,22,25). The molecule has 1 N–H and O–H groups in total. The number of amides is 1. The Labute approximate surface area is 160 Å². The fourth-order valence-electron chi connectivity index (χ4n) is 2.68. The van der Waals surface area contributed by atoms with E-state index in [1.54, 1.807) is 42.5 Å². The molecule has 0 radical (unpaired) electrons. The Kier molecular flexibility index (Phi) is 5.59. The highest BCUT2D eigenvalue weighted by Crippen LogP contribution is 2.23. The first-order valence-electron chi connectivity index (χ1n) is 8.27. The highest BCUT2D eigenvalue weighted by molar-refractivity contribution is 6.35. The summed E-state index contributed by atoms with van der Waals surface area (Å²) in [5.41, 5.74) is 0.452. The van der Waals surface area contributed by atoms with Gasteiger partial charge >= 0.3 is 0 Å². The van der Waals surface area contributed by atoms with Crippen molar-refractivity contribution in [2.45, 2.75) is 26.3 Å². The Bertz CT molecular complexity index is 1010. The third kappa shape index (κ3) is 3.89. The lowest BCUT2D eigenvalue weighted by atomic mass is 10.1. The molecular formula is C19H17Cl2N3O2. The molecule has 0 aliphatic heterocycles. The Hall–Kier alpha value is -2.37.